The summed E-state index contributed by atoms with van der Waals surface area (Å²) in [7, 11) is 0. The maximum Gasteiger partial charge on any atom is 0.307 e. The molecule has 1 saturated carbocycles. The number of rotatable bonds is 6. The fourth-order valence-electron chi connectivity index (χ4n) is 5.31. The van der Waals surface area contributed by atoms with Crippen LogP contribution in [0.5, 0.6) is 0 Å². The Bertz CT molecular complexity index is 1070. The van der Waals surface area contributed by atoms with Gasteiger partial charge in [-0.2, -0.15) is 0 Å². The number of hydrogen-bond acceptors (Lipinski definition) is 4. The van der Waals surface area contributed by atoms with Gasteiger partial charge >= 0.3 is 5.97 Å². The zero-order valence-corrected chi connectivity index (χ0v) is 17.8. The van der Waals surface area contributed by atoms with Gasteiger partial charge in [0.2, 0.25) is 5.91 Å². The van der Waals surface area contributed by atoms with Crippen molar-refractivity contribution in [2.24, 2.45) is 23.7 Å². The number of carbonyl (C=O) groups excluding carboxylic acids is 2. The summed E-state index contributed by atoms with van der Waals surface area (Å²) < 4.78 is 0. The molecule has 3 N–H and O–H groups in total. The maximum absolute atomic E-state index is 13.2. The number of hydrogen-bond donors (Lipinski definition) is 3. The number of amides is 2. The Hall–Kier alpha value is -2.93. The van der Waals surface area contributed by atoms with E-state index in [4.69, 9.17) is 0 Å². The minimum Gasteiger partial charge on any atom is -0.481 e. The van der Waals surface area contributed by atoms with E-state index in [1.807, 2.05) is 42.5 Å². The Balaban J connectivity index is 1.37. The van der Waals surface area contributed by atoms with Gasteiger partial charge in [0.15, 0.2) is 0 Å². The topological polar surface area (TPSA) is 95.5 Å². The van der Waals surface area contributed by atoms with Crippen molar-refractivity contribution in [3.8, 4) is 0 Å². The highest BCUT2D eigenvalue weighted by Crippen LogP contribution is 2.49. The van der Waals surface area contributed by atoms with Gasteiger partial charge < -0.3 is 15.7 Å². The molecule has 31 heavy (non-hydrogen) atoms. The number of nitrogens with one attached hydrogen (secondary N) is 2. The van der Waals surface area contributed by atoms with E-state index >= 15 is 0 Å². The van der Waals surface area contributed by atoms with Crippen molar-refractivity contribution in [3.63, 3.8) is 0 Å². The van der Waals surface area contributed by atoms with Crippen molar-refractivity contribution in [2.75, 3.05) is 5.32 Å². The van der Waals surface area contributed by atoms with Crippen molar-refractivity contribution in [1.82, 2.24) is 5.32 Å². The number of carboxylic acids is 1. The third kappa shape index (κ3) is 3.57. The molecule has 3 aliphatic carbocycles. The molecule has 2 amide bonds. The van der Waals surface area contributed by atoms with Crippen molar-refractivity contribution in [3.05, 3.63) is 64.1 Å². The van der Waals surface area contributed by atoms with E-state index in [2.05, 4.69) is 10.6 Å². The Labute approximate surface area is 184 Å². The van der Waals surface area contributed by atoms with Crippen LogP contribution in [0.3, 0.4) is 0 Å². The van der Waals surface area contributed by atoms with Gasteiger partial charge in [-0.3, -0.25) is 14.4 Å². The van der Waals surface area contributed by atoms with Crippen LogP contribution in [0.15, 0.2) is 42.5 Å². The largest absolute Gasteiger partial charge is 0.481 e. The first kappa shape index (κ1) is 20.0. The van der Waals surface area contributed by atoms with Crippen LogP contribution in [0.1, 0.15) is 39.2 Å². The number of aryl methyl sites for hydroxylation is 1. The quantitative estimate of drug-likeness (QED) is 0.603. The first-order valence-electron chi connectivity index (χ1n) is 10.7. The molecule has 0 spiro atoms. The number of anilines is 1. The second-order valence-corrected chi connectivity index (χ2v) is 9.66. The molecule has 7 heteroatoms. The van der Waals surface area contributed by atoms with Gasteiger partial charge in [-0.1, -0.05) is 42.5 Å². The Kier molecular flexibility index (Phi) is 5.14. The molecule has 1 heterocycles. The molecule has 2 bridgehead atoms. The van der Waals surface area contributed by atoms with Crippen LogP contribution in [0.4, 0.5) is 5.00 Å². The summed E-state index contributed by atoms with van der Waals surface area (Å²) in [6.07, 6.45) is 7.34. The van der Waals surface area contributed by atoms with Gasteiger partial charge in [0.05, 0.1) is 17.4 Å². The molecular weight excluding hydrogens is 412 g/mol. The number of benzene rings is 1. The van der Waals surface area contributed by atoms with Gasteiger partial charge in [-0.25, -0.2) is 0 Å². The molecule has 4 atom stereocenters. The van der Waals surface area contributed by atoms with Crippen LogP contribution in [0.2, 0.25) is 0 Å². The lowest BCUT2D eigenvalue weighted by Crippen LogP contribution is -2.36. The second-order valence-electron chi connectivity index (χ2n) is 8.56. The number of thiophene rings is 1. The lowest BCUT2D eigenvalue weighted by atomic mass is 9.82. The molecule has 5 rings (SSSR count). The number of aliphatic carboxylic acids is 1. The molecule has 0 radical (unpaired) electrons. The minimum atomic E-state index is -0.925. The average molecular weight is 437 g/mol. The zero-order chi connectivity index (χ0) is 21.5. The first-order chi connectivity index (χ1) is 15.0. The SMILES string of the molecule is O=C(NCc1ccccc1)c1c(NC(=O)[C@@H]2[C@@H](C(=O)O)[C@H]3C=C[C@@H]2C3)sc2c1CCC2. The van der Waals surface area contributed by atoms with E-state index in [1.165, 1.54) is 11.3 Å². The molecule has 1 fully saturated rings. The van der Waals surface area contributed by atoms with Gasteiger partial charge in [0, 0.05) is 11.4 Å². The monoisotopic (exact) mass is 436 g/mol. The molecule has 2 aromatic rings. The van der Waals surface area contributed by atoms with Gasteiger partial charge in [0.25, 0.3) is 5.91 Å². The Morgan fingerprint density at radius 3 is 2.52 bits per heavy atom. The van der Waals surface area contributed by atoms with Crippen LogP contribution in [-0.4, -0.2) is 22.9 Å². The lowest BCUT2D eigenvalue weighted by Gasteiger charge is -2.23. The number of carbonyl (C=O) groups is 3. The summed E-state index contributed by atoms with van der Waals surface area (Å²) in [5, 5.41) is 16.1. The second kappa shape index (κ2) is 7.96. The van der Waals surface area contributed by atoms with Crippen molar-refractivity contribution >= 4 is 34.1 Å². The molecule has 0 saturated heterocycles. The molecule has 6 nitrogen and oxygen atoms in total. The van der Waals surface area contributed by atoms with Crippen LogP contribution < -0.4 is 10.6 Å². The minimum absolute atomic E-state index is 0.0479. The fraction of sp³-hybridized carbons (Fsp3) is 0.375. The number of allylic oxidation sites excluding steroid dienone is 2. The Morgan fingerprint density at radius 2 is 1.77 bits per heavy atom. The Morgan fingerprint density at radius 1 is 1.03 bits per heavy atom. The predicted octanol–water partition coefficient (Wildman–Crippen LogP) is 3.63. The molecule has 160 valence electrons. The van der Waals surface area contributed by atoms with E-state index in [9.17, 15) is 19.5 Å². The first-order valence-corrected chi connectivity index (χ1v) is 11.5. The van der Waals surface area contributed by atoms with E-state index in [1.54, 1.807) is 0 Å². The standard InChI is InChI=1S/C24H24N2O4S/c27-21(25-12-13-5-2-1-3-6-13)20-16-7-4-8-17(16)31-23(20)26-22(28)18-14-9-10-15(11-14)19(18)24(29)30/h1-3,5-6,9-10,14-15,18-19H,4,7-8,11-12H2,(H,25,27)(H,26,28)(H,29,30)/t14-,15+,18+,19+/m1/s1. The highest BCUT2D eigenvalue weighted by molar-refractivity contribution is 7.17. The van der Waals surface area contributed by atoms with Crippen LogP contribution in [-0.2, 0) is 29.0 Å². The highest BCUT2D eigenvalue weighted by atomic mass is 32.1. The predicted molar refractivity (Wildman–Crippen MR) is 118 cm³/mol. The highest BCUT2D eigenvalue weighted by Gasteiger charge is 2.51. The van der Waals surface area contributed by atoms with Crippen LogP contribution in [0, 0.1) is 23.7 Å². The van der Waals surface area contributed by atoms with Crippen LogP contribution in [0.25, 0.3) is 0 Å². The molecule has 1 aromatic heterocycles. The average Bonchev–Trinajstić information content (AvgIpc) is 3.52. The zero-order valence-electron chi connectivity index (χ0n) is 17.0. The maximum atomic E-state index is 13.2. The third-order valence-electron chi connectivity index (χ3n) is 6.73. The van der Waals surface area contributed by atoms with Crippen molar-refractivity contribution < 1.29 is 19.5 Å². The van der Waals surface area contributed by atoms with Crippen LogP contribution >= 0.6 is 11.3 Å². The summed E-state index contributed by atoms with van der Waals surface area (Å²) >= 11 is 1.46. The number of fused-ring (bicyclic) bond motifs is 3. The van der Waals surface area contributed by atoms with Crippen molar-refractivity contribution in [2.45, 2.75) is 32.2 Å². The summed E-state index contributed by atoms with van der Waals surface area (Å²) in [5.74, 6) is -2.83. The number of carboxylic acid groups (broad SMARTS) is 1. The smallest absolute Gasteiger partial charge is 0.307 e. The molecular formula is C24H24N2O4S. The van der Waals surface area contributed by atoms with Gasteiger partial charge in [0.1, 0.15) is 5.00 Å². The fourth-order valence-corrected chi connectivity index (χ4v) is 6.60. The van der Waals surface area contributed by atoms with E-state index in [0.717, 1.165) is 35.3 Å². The normalized spacial score (nSPS) is 25.4. The van der Waals surface area contributed by atoms with Crippen molar-refractivity contribution in [1.29, 1.82) is 0 Å². The third-order valence-corrected chi connectivity index (χ3v) is 7.94. The van der Waals surface area contributed by atoms with E-state index in [-0.39, 0.29) is 23.7 Å². The lowest BCUT2D eigenvalue weighted by molar-refractivity contribution is -0.146. The molecule has 1 aromatic carbocycles. The molecule has 3 aliphatic rings. The van der Waals surface area contributed by atoms with E-state index in [0.29, 0.717) is 23.5 Å². The molecule has 0 aliphatic heterocycles. The van der Waals surface area contributed by atoms with E-state index < -0.39 is 17.8 Å². The summed E-state index contributed by atoms with van der Waals surface area (Å²) in [6.45, 7) is 0.413. The summed E-state index contributed by atoms with van der Waals surface area (Å²) in [4.78, 5) is 39.2. The van der Waals surface area contributed by atoms with Gasteiger partial charge in [-0.15, -0.1) is 11.3 Å². The van der Waals surface area contributed by atoms with Gasteiger partial charge in [-0.05, 0) is 48.6 Å². The molecule has 0 unspecified atom stereocenters. The summed E-state index contributed by atoms with van der Waals surface area (Å²) in [5.41, 5.74) is 2.58. The summed E-state index contributed by atoms with van der Waals surface area (Å²) in [6, 6.07) is 9.70.